The lowest BCUT2D eigenvalue weighted by Gasteiger charge is -2.15. The van der Waals surface area contributed by atoms with Gasteiger partial charge in [-0.25, -0.2) is 4.68 Å². The van der Waals surface area contributed by atoms with Crippen LogP contribution in [-0.4, -0.2) is 33.8 Å². The van der Waals surface area contributed by atoms with Gasteiger partial charge in [0.05, 0.1) is 11.9 Å². The molecule has 2 heterocycles. The molecule has 1 saturated heterocycles. The average molecular weight is 353 g/mol. The van der Waals surface area contributed by atoms with E-state index in [4.69, 9.17) is 17.3 Å². The Morgan fingerprint density at radius 1 is 1.04 bits per heavy atom. The quantitative estimate of drug-likeness (QED) is 0.782. The first-order valence-electron chi connectivity index (χ1n) is 8.51. The lowest BCUT2D eigenvalue weighted by molar-refractivity contribution is 0.324. The Hall–Kier alpha value is -2.14. The van der Waals surface area contributed by atoms with Gasteiger partial charge >= 0.3 is 0 Å². The van der Waals surface area contributed by atoms with E-state index in [1.165, 1.54) is 11.1 Å². The van der Waals surface area contributed by atoms with Crippen LogP contribution in [0.5, 0.6) is 0 Å². The maximum absolute atomic E-state index is 6.39. The van der Waals surface area contributed by atoms with E-state index in [1.54, 1.807) is 0 Å². The second-order valence-corrected chi connectivity index (χ2v) is 7.08. The Morgan fingerprint density at radius 3 is 2.56 bits per heavy atom. The third-order valence-corrected chi connectivity index (χ3v) is 5.05. The largest absolute Gasteiger partial charge is 0.326 e. The van der Waals surface area contributed by atoms with Crippen molar-refractivity contribution in [3.05, 3.63) is 83.1 Å². The first-order chi connectivity index (χ1) is 12.2. The molecule has 1 aliphatic rings. The number of benzene rings is 2. The summed E-state index contributed by atoms with van der Waals surface area (Å²) >= 11 is 5.95. The highest BCUT2D eigenvalue weighted by molar-refractivity contribution is 6.30. The third kappa shape index (κ3) is 3.61. The smallest absolute Gasteiger partial charge is 0.0646 e. The molecule has 2 N–H and O–H groups in total. The summed E-state index contributed by atoms with van der Waals surface area (Å²) in [5, 5.41) is 5.20. The minimum absolute atomic E-state index is 0.175. The number of hydrogen-bond donors (Lipinski definition) is 1. The molecule has 0 saturated carbocycles. The van der Waals surface area contributed by atoms with Crippen molar-refractivity contribution in [3.63, 3.8) is 0 Å². The second kappa shape index (κ2) is 7.00. The molecule has 1 aromatic heterocycles. The summed E-state index contributed by atoms with van der Waals surface area (Å²) in [5.74, 6) is 0.396. The summed E-state index contributed by atoms with van der Waals surface area (Å²) in [6, 6.07) is 18.4. The standard InChI is InChI=1S/C20H21ClN4/c21-17-6-8-18(9-7-17)25-12-15(10-23-25)11-24-13-19(20(22)14-24)16-4-2-1-3-5-16/h1-10,12,19-20H,11,13-14,22H2/t19-,20+/m0/s1. The van der Waals surface area contributed by atoms with Crippen LogP contribution >= 0.6 is 11.6 Å². The van der Waals surface area contributed by atoms with E-state index < -0.39 is 0 Å². The molecule has 0 unspecified atom stereocenters. The average Bonchev–Trinajstić information content (AvgIpc) is 3.23. The van der Waals surface area contributed by atoms with Crippen molar-refractivity contribution < 1.29 is 0 Å². The Kier molecular flexibility index (Phi) is 4.57. The fourth-order valence-corrected chi connectivity index (χ4v) is 3.66. The van der Waals surface area contributed by atoms with Gasteiger partial charge in [0, 0.05) is 48.4 Å². The molecule has 0 amide bonds. The molecule has 4 rings (SSSR count). The van der Waals surface area contributed by atoms with Gasteiger partial charge in [-0.15, -0.1) is 0 Å². The first kappa shape index (κ1) is 16.3. The van der Waals surface area contributed by atoms with E-state index in [1.807, 2.05) is 41.2 Å². The van der Waals surface area contributed by atoms with Gasteiger partial charge in [-0.2, -0.15) is 5.10 Å². The fourth-order valence-electron chi connectivity index (χ4n) is 3.53. The molecule has 2 aromatic carbocycles. The van der Waals surface area contributed by atoms with Gasteiger partial charge in [0.1, 0.15) is 0 Å². The fraction of sp³-hybridized carbons (Fsp3) is 0.250. The maximum Gasteiger partial charge on any atom is 0.0646 e. The van der Waals surface area contributed by atoms with Crippen molar-refractivity contribution in [1.82, 2.24) is 14.7 Å². The molecular formula is C20H21ClN4. The zero-order valence-corrected chi connectivity index (χ0v) is 14.7. The minimum atomic E-state index is 0.175. The number of aromatic nitrogens is 2. The first-order valence-corrected chi connectivity index (χ1v) is 8.89. The van der Waals surface area contributed by atoms with Crippen molar-refractivity contribution in [2.45, 2.75) is 18.5 Å². The van der Waals surface area contributed by atoms with E-state index in [2.05, 4.69) is 40.5 Å². The SMILES string of the molecule is N[C@@H]1CN(Cc2cnn(-c3ccc(Cl)cc3)c2)C[C@H]1c1ccccc1. The van der Waals surface area contributed by atoms with Gasteiger partial charge in [-0.1, -0.05) is 41.9 Å². The summed E-state index contributed by atoms with van der Waals surface area (Å²) < 4.78 is 1.89. The lowest BCUT2D eigenvalue weighted by atomic mass is 9.95. The molecule has 5 heteroatoms. The van der Waals surface area contributed by atoms with Gasteiger partial charge in [-0.05, 0) is 29.8 Å². The summed E-state index contributed by atoms with van der Waals surface area (Å²) in [6.45, 7) is 2.76. The van der Waals surface area contributed by atoms with E-state index in [0.717, 1.165) is 30.3 Å². The van der Waals surface area contributed by atoms with Gasteiger partial charge in [0.2, 0.25) is 0 Å². The van der Waals surface area contributed by atoms with Crippen LogP contribution in [0.1, 0.15) is 17.0 Å². The summed E-state index contributed by atoms with van der Waals surface area (Å²) in [6.07, 6.45) is 4.00. The van der Waals surface area contributed by atoms with Crippen molar-refractivity contribution in [2.75, 3.05) is 13.1 Å². The minimum Gasteiger partial charge on any atom is -0.326 e. The molecule has 2 atom stereocenters. The number of halogens is 1. The van der Waals surface area contributed by atoms with Crippen LogP contribution in [0.2, 0.25) is 5.02 Å². The highest BCUT2D eigenvalue weighted by Gasteiger charge is 2.31. The second-order valence-electron chi connectivity index (χ2n) is 6.64. The van der Waals surface area contributed by atoms with E-state index >= 15 is 0 Å². The van der Waals surface area contributed by atoms with Crippen molar-refractivity contribution in [2.24, 2.45) is 5.73 Å². The molecule has 3 aromatic rings. The molecule has 0 bridgehead atoms. The van der Waals surface area contributed by atoms with E-state index in [-0.39, 0.29) is 6.04 Å². The number of nitrogens with two attached hydrogens (primary N) is 1. The zero-order chi connectivity index (χ0) is 17.2. The molecule has 0 spiro atoms. The number of rotatable bonds is 4. The number of likely N-dealkylation sites (tertiary alicyclic amines) is 1. The molecule has 25 heavy (non-hydrogen) atoms. The molecule has 0 aliphatic carbocycles. The summed E-state index contributed by atoms with van der Waals surface area (Å²) in [4.78, 5) is 2.41. The molecule has 1 fully saturated rings. The third-order valence-electron chi connectivity index (χ3n) is 4.80. The summed E-state index contributed by atoms with van der Waals surface area (Å²) in [7, 11) is 0. The topological polar surface area (TPSA) is 47.1 Å². The van der Waals surface area contributed by atoms with Crippen LogP contribution < -0.4 is 5.73 Å². The van der Waals surface area contributed by atoms with Gasteiger partial charge < -0.3 is 5.73 Å². The zero-order valence-electron chi connectivity index (χ0n) is 13.9. The predicted molar refractivity (Wildman–Crippen MR) is 101 cm³/mol. The maximum atomic E-state index is 6.39. The Labute approximate surface area is 152 Å². The van der Waals surface area contributed by atoms with Crippen LogP contribution in [0.3, 0.4) is 0 Å². The van der Waals surface area contributed by atoms with E-state index in [0.29, 0.717) is 5.92 Å². The normalized spacial score (nSPS) is 20.9. The molecule has 0 radical (unpaired) electrons. The molecular weight excluding hydrogens is 332 g/mol. The predicted octanol–water partition coefficient (Wildman–Crippen LogP) is 3.45. The lowest BCUT2D eigenvalue weighted by Crippen LogP contribution is -2.28. The van der Waals surface area contributed by atoms with Crippen LogP contribution in [0.15, 0.2) is 67.0 Å². The number of nitrogens with zero attached hydrogens (tertiary/aromatic N) is 3. The highest BCUT2D eigenvalue weighted by Crippen LogP contribution is 2.27. The van der Waals surface area contributed by atoms with Crippen LogP contribution in [0.4, 0.5) is 0 Å². The Morgan fingerprint density at radius 2 is 1.80 bits per heavy atom. The number of hydrogen-bond acceptors (Lipinski definition) is 3. The monoisotopic (exact) mass is 352 g/mol. The molecule has 4 nitrogen and oxygen atoms in total. The molecule has 128 valence electrons. The molecule has 1 aliphatic heterocycles. The van der Waals surface area contributed by atoms with Crippen LogP contribution in [0, 0.1) is 0 Å². The van der Waals surface area contributed by atoms with E-state index in [9.17, 15) is 0 Å². The summed E-state index contributed by atoms with van der Waals surface area (Å²) in [5.41, 5.74) is 9.92. The van der Waals surface area contributed by atoms with Gasteiger partial charge in [0.15, 0.2) is 0 Å². The van der Waals surface area contributed by atoms with Gasteiger partial charge in [0.25, 0.3) is 0 Å². The Bertz CT molecular complexity index is 828. The van der Waals surface area contributed by atoms with Gasteiger partial charge in [-0.3, -0.25) is 4.90 Å². The van der Waals surface area contributed by atoms with Crippen molar-refractivity contribution >= 4 is 11.6 Å². The van der Waals surface area contributed by atoms with Crippen LogP contribution in [0.25, 0.3) is 5.69 Å². The van der Waals surface area contributed by atoms with Crippen molar-refractivity contribution in [1.29, 1.82) is 0 Å². The highest BCUT2D eigenvalue weighted by atomic mass is 35.5. The van der Waals surface area contributed by atoms with Crippen molar-refractivity contribution in [3.8, 4) is 5.69 Å². The van der Waals surface area contributed by atoms with Crippen LogP contribution in [-0.2, 0) is 6.54 Å². The Balaban J connectivity index is 1.44.